The number of methoxy groups -OCH3 is 3. The highest BCUT2D eigenvalue weighted by Crippen LogP contribution is 2.39. The van der Waals surface area contributed by atoms with Gasteiger partial charge in [-0.1, -0.05) is 48.5 Å². The van der Waals surface area contributed by atoms with Gasteiger partial charge in [-0.15, -0.1) is 11.8 Å². The lowest BCUT2D eigenvalue weighted by atomic mass is 10.1. The first-order valence-electron chi connectivity index (χ1n) is 16.4. The second-order valence-electron chi connectivity index (χ2n) is 11.5. The maximum Gasteiger partial charge on any atom is 0.272 e. The minimum atomic E-state index is -0.604. The van der Waals surface area contributed by atoms with E-state index < -0.39 is 17.1 Å². The van der Waals surface area contributed by atoms with Crippen LogP contribution in [-0.2, 0) is 14.4 Å². The van der Waals surface area contributed by atoms with Gasteiger partial charge in [-0.25, -0.2) is 0 Å². The summed E-state index contributed by atoms with van der Waals surface area (Å²) in [4.78, 5) is 52.7. The van der Waals surface area contributed by atoms with Crippen LogP contribution in [0.25, 0.3) is 6.08 Å². The number of carbonyl (C=O) groups excluding carboxylic acids is 4. The third-order valence-corrected chi connectivity index (χ3v) is 8.97. The Hall–Kier alpha value is -6.53. The number of nitrogens with one attached hydrogen (secondary N) is 4. The largest absolute Gasteiger partial charge is 0.493 e. The highest BCUT2D eigenvalue weighted by Gasteiger charge is 2.23. The Morgan fingerprint density at radius 3 is 1.72 bits per heavy atom. The van der Waals surface area contributed by atoms with Crippen LogP contribution in [0.15, 0.2) is 132 Å². The van der Waals surface area contributed by atoms with Crippen molar-refractivity contribution in [2.24, 2.45) is 0 Å². The lowest BCUT2D eigenvalue weighted by Crippen LogP contribution is -2.30. The molecule has 0 aromatic heterocycles. The molecule has 0 radical (unpaired) electrons. The number of hydrogen-bond donors (Lipinski definition) is 4. The summed E-state index contributed by atoms with van der Waals surface area (Å²) in [6.07, 6.45) is 1.52. The summed E-state index contributed by atoms with van der Waals surface area (Å²) in [5.41, 5.74) is 3.33. The average Bonchev–Trinajstić information content (AvgIpc) is 3.18. The van der Waals surface area contributed by atoms with E-state index in [0.717, 1.165) is 10.5 Å². The fourth-order valence-corrected chi connectivity index (χ4v) is 6.22. The zero-order chi connectivity index (χ0) is 37.7. The van der Waals surface area contributed by atoms with Crippen molar-refractivity contribution < 1.29 is 33.4 Å². The fourth-order valence-electron chi connectivity index (χ4n) is 5.19. The molecule has 5 aromatic carbocycles. The van der Waals surface area contributed by atoms with Crippen molar-refractivity contribution in [3.8, 4) is 17.2 Å². The first-order chi connectivity index (χ1) is 25.7. The van der Waals surface area contributed by atoms with Crippen molar-refractivity contribution in [2.75, 3.05) is 37.3 Å². The van der Waals surface area contributed by atoms with Crippen LogP contribution in [0.4, 0.5) is 17.1 Å². The predicted molar refractivity (Wildman–Crippen MR) is 207 cm³/mol. The molecule has 0 aliphatic rings. The molecule has 4 N–H and O–H groups in total. The van der Waals surface area contributed by atoms with Crippen molar-refractivity contribution in [1.29, 1.82) is 0 Å². The molecule has 0 aliphatic heterocycles. The standard InChI is InChI=1S/C41H38N4O7S/c1-26(46)42-30-15-17-31(18-16-30)44-41(49)38(28-11-7-5-8-12-28)53-33-21-19-32(20-22-33)43-40(48)34(45-39(47)29-13-9-6-10-14-29)23-27-24-35(50-2)37(52-4)36(25-27)51-3/h5-25,38H,1-4H3,(H,42,46)(H,43,48)(H,44,49)(H,45,47)/b34-23-. The summed E-state index contributed by atoms with van der Waals surface area (Å²) in [7, 11) is 4.47. The molecule has 0 bridgehead atoms. The van der Waals surface area contributed by atoms with Crippen LogP contribution in [0.5, 0.6) is 17.2 Å². The van der Waals surface area contributed by atoms with Gasteiger partial charge in [0.05, 0.1) is 21.3 Å². The summed E-state index contributed by atoms with van der Waals surface area (Å²) in [5.74, 6) is -0.328. The number of thioether (sulfide) groups is 1. The van der Waals surface area contributed by atoms with Crippen molar-refractivity contribution in [2.45, 2.75) is 17.1 Å². The summed E-state index contributed by atoms with van der Waals surface area (Å²) < 4.78 is 16.4. The van der Waals surface area contributed by atoms with E-state index in [9.17, 15) is 19.2 Å². The third kappa shape index (κ3) is 10.3. The van der Waals surface area contributed by atoms with Gasteiger partial charge in [0.1, 0.15) is 10.9 Å². The molecule has 1 atom stereocenters. The number of amides is 4. The van der Waals surface area contributed by atoms with Crippen LogP contribution in [0.2, 0.25) is 0 Å². The van der Waals surface area contributed by atoms with Crippen molar-refractivity contribution >= 4 is 58.5 Å². The fraction of sp³-hybridized carbons (Fsp3) is 0.122. The molecule has 12 heteroatoms. The molecular weight excluding hydrogens is 693 g/mol. The number of rotatable bonds is 14. The molecule has 11 nitrogen and oxygen atoms in total. The van der Waals surface area contributed by atoms with Crippen LogP contribution in [0, 0.1) is 0 Å². The van der Waals surface area contributed by atoms with Gasteiger partial charge in [0, 0.05) is 34.4 Å². The minimum absolute atomic E-state index is 0.0301. The monoisotopic (exact) mass is 730 g/mol. The Balaban J connectivity index is 1.36. The molecule has 5 aromatic rings. The highest BCUT2D eigenvalue weighted by molar-refractivity contribution is 8.00. The number of anilines is 3. The number of hydrogen-bond acceptors (Lipinski definition) is 8. The van der Waals surface area contributed by atoms with Crippen molar-refractivity contribution in [1.82, 2.24) is 5.32 Å². The van der Waals surface area contributed by atoms with E-state index in [1.807, 2.05) is 30.3 Å². The van der Waals surface area contributed by atoms with Crippen LogP contribution >= 0.6 is 11.8 Å². The molecular formula is C41H38N4O7S. The Morgan fingerprint density at radius 1 is 0.642 bits per heavy atom. The quantitative estimate of drug-likeness (QED) is 0.0678. The molecule has 0 fully saturated rings. The van der Waals surface area contributed by atoms with Gasteiger partial charge in [-0.2, -0.15) is 0 Å². The Morgan fingerprint density at radius 2 is 1.17 bits per heavy atom. The van der Waals surface area contributed by atoms with Crippen molar-refractivity contribution in [3.63, 3.8) is 0 Å². The molecule has 5 rings (SSSR count). The first-order valence-corrected chi connectivity index (χ1v) is 17.2. The third-order valence-electron chi connectivity index (χ3n) is 7.71. The van der Waals surface area contributed by atoms with E-state index in [1.54, 1.807) is 91.0 Å². The van der Waals surface area contributed by atoms with Crippen LogP contribution in [0.3, 0.4) is 0 Å². The second kappa shape index (κ2) is 18.1. The summed E-state index contributed by atoms with van der Waals surface area (Å²) in [6, 6.07) is 35.2. The molecule has 0 aliphatic carbocycles. The number of ether oxygens (including phenoxy) is 3. The van der Waals surface area contributed by atoms with E-state index in [-0.39, 0.29) is 17.5 Å². The number of benzene rings is 5. The molecule has 0 saturated carbocycles. The lowest BCUT2D eigenvalue weighted by molar-refractivity contribution is -0.116. The highest BCUT2D eigenvalue weighted by atomic mass is 32.2. The normalized spacial score (nSPS) is 11.4. The SMILES string of the molecule is COc1cc(/C=C(\NC(=O)c2ccccc2)C(=O)Nc2ccc(SC(C(=O)Nc3ccc(NC(C)=O)cc3)c3ccccc3)cc2)cc(OC)c1OC. The predicted octanol–water partition coefficient (Wildman–Crippen LogP) is 7.55. The van der Waals surface area contributed by atoms with Gasteiger partial charge in [0.15, 0.2) is 11.5 Å². The lowest BCUT2D eigenvalue weighted by Gasteiger charge is -2.18. The maximum absolute atomic E-state index is 13.7. The van der Waals surface area contributed by atoms with Gasteiger partial charge >= 0.3 is 0 Å². The van der Waals surface area contributed by atoms with E-state index >= 15 is 0 Å². The maximum atomic E-state index is 13.7. The molecule has 53 heavy (non-hydrogen) atoms. The van der Waals surface area contributed by atoms with Gasteiger partial charge in [-0.05, 0) is 90.0 Å². The smallest absolute Gasteiger partial charge is 0.272 e. The van der Waals surface area contributed by atoms with Gasteiger partial charge in [0.2, 0.25) is 17.6 Å². The van der Waals surface area contributed by atoms with E-state index in [1.165, 1.54) is 46.1 Å². The Kier molecular flexibility index (Phi) is 12.9. The van der Waals surface area contributed by atoms with Gasteiger partial charge < -0.3 is 35.5 Å². The molecule has 0 heterocycles. The summed E-state index contributed by atoms with van der Waals surface area (Å²) >= 11 is 1.35. The van der Waals surface area contributed by atoms with E-state index in [4.69, 9.17) is 14.2 Å². The van der Waals surface area contributed by atoms with Crippen LogP contribution in [0.1, 0.15) is 33.7 Å². The summed E-state index contributed by atoms with van der Waals surface area (Å²) in [5, 5.41) is 10.7. The van der Waals surface area contributed by atoms with E-state index in [2.05, 4.69) is 21.3 Å². The zero-order valence-electron chi connectivity index (χ0n) is 29.5. The average molecular weight is 731 g/mol. The summed E-state index contributed by atoms with van der Waals surface area (Å²) in [6.45, 7) is 1.43. The molecule has 1 unspecified atom stereocenters. The molecule has 270 valence electrons. The van der Waals surface area contributed by atoms with Crippen LogP contribution < -0.4 is 35.5 Å². The van der Waals surface area contributed by atoms with Gasteiger partial charge in [0.25, 0.3) is 11.8 Å². The molecule has 4 amide bonds. The molecule has 0 saturated heterocycles. The van der Waals surface area contributed by atoms with Crippen molar-refractivity contribution in [3.05, 3.63) is 144 Å². The topological polar surface area (TPSA) is 144 Å². The second-order valence-corrected chi connectivity index (χ2v) is 12.7. The molecule has 0 spiro atoms. The Labute approximate surface area is 311 Å². The Bertz CT molecular complexity index is 2060. The number of carbonyl (C=O) groups is 4. The van der Waals surface area contributed by atoms with E-state index in [0.29, 0.717) is 45.4 Å². The minimum Gasteiger partial charge on any atom is -0.493 e. The van der Waals surface area contributed by atoms with Crippen LogP contribution in [-0.4, -0.2) is 45.0 Å². The first kappa shape index (κ1) is 37.7. The zero-order valence-corrected chi connectivity index (χ0v) is 30.3. The van der Waals surface area contributed by atoms with Gasteiger partial charge in [-0.3, -0.25) is 19.2 Å².